The molecule has 0 aromatic heterocycles. The summed E-state index contributed by atoms with van der Waals surface area (Å²) in [5.74, 6) is -3.59. The summed E-state index contributed by atoms with van der Waals surface area (Å²) in [5.41, 5.74) is -1.93. The predicted octanol–water partition coefficient (Wildman–Crippen LogP) is 2.71. The molecule has 2 fully saturated rings. The number of nitrogens with zero attached hydrogens (tertiary/aromatic N) is 2. The Balaban J connectivity index is 1.37. The lowest BCUT2D eigenvalue weighted by Gasteiger charge is -2.23. The maximum absolute atomic E-state index is 15.6. The second-order valence-corrected chi connectivity index (χ2v) is 10.3. The lowest BCUT2D eigenvalue weighted by Crippen LogP contribution is -2.39. The van der Waals surface area contributed by atoms with Gasteiger partial charge in [0.05, 0.1) is 23.5 Å². The van der Waals surface area contributed by atoms with Gasteiger partial charge >= 0.3 is 6.36 Å². The number of carbonyl (C=O) groups is 2. The van der Waals surface area contributed by atoms with Gasteiger partial charge in [-0.25, -0.2) is 22.3 Å². The molecule has 14 heteroatoms. The van der Waals surface area contributed by atoms with Gasteiger partial charge in [0.1, 0.15) is 11.6 Å². The number of ether oxygens (including phenoxy) is 1. The molecule has 2 heterocycles. The molecule has 0 spiro atoms. The number of amides is 2. The summed E-state index contributed by atoms with van der Waals surface area (Å²) in [6.45, 7) is -0.786. The Morgan fingerprint density at radius 2 is 1.68 bits per heavy atom. The van der Waals surface area contributed by atoms with Crippen LogP contribution in [0.2, 0.25) is 0 Å². The molecular formula is C23H20F5N3O5S. The monoisotopic (exact) mass is 545 g/mol. The van der Waals surface area contributed by atoms with Gasteiger partial charge in [0, 0.05) is 25.1 Å². The van der Waals surface area contributed by atoms with Crippen LogP contribution < -0.4 is 9.88 Å². The standard InChI is InChI=1S/C23H20F5N3O5S/c24-19-9-17(37(29,34)35)6-7-18(19)21(33)31-11-15-10-30(12-22(15,25)13-31)20(32)8-3-14-1-4-16(5-2-14)36-23(26,27)28/h1-9,15H,10-13H2,(H2,29,34,35)/t15-,22+/m1/s1. The molecular weight excluding hydrogens is 525 g/mol. The zero-order chi connectivity index (χ0) is 27.2. The highest BCUT2D eigenvalue weighted by Gasteiger charge is 2.55. The molecule has 0 unspecified atom stereocenters. The number of rotatable bonds is 5. The molecule has 2 atom stereocenters. The first-order valence-corrected chi connectivity index (χ1v) is 12.3. The van der Waals surface area contributed by atoms with Gasteiger partial charge < -0.3 is 14.5 Å². The van der Waals surface area contributed by atoms with Crippen LogP contribution in [0.25, 0.3) is 6.08 Å². The number of fused-ring (bicyclic) bond motifs is 1. The Bertz CT molecular complexity index is 1360. The van der Waals surface area contributed by atoms with Crippen LogP contribution in [0.5, 0.6) is 5.75 Å². The summed E-state index contributed by atoms with van der Waals surface area (Å²) in [6.07, 6.45) is -2.30. The van der Waals surface area contributed by atoms with E-state index in [1.807, 2.05) is 0 Å². The second kappa shape index (κ2) is 9.41. The van der Waals surface area contributed by atoms with E-state index in [4.69, 9.17) is 5.14 Å². The average molecular weight is 545 g/mol. The SMILES string of the molecule is NS(=O)(=O)c1ccc(C(=O)N2C[C@H]3CN(C(=O)C=Cc4ccc(OC(F)(F)F)cc4)C[C@]3(F)C2)c(F)c1. The number of benzene rings is 2. The van der Waals surface area contributed by atoms with Crippen LogP contribution >= 0.6 is 0 Å². The third-order valence-electron chi connectivity index (χ3n) is 6.15. The molecule has 2 N–H and O–H groups in total. The molecule has 2 aliphatic heterocycles. The molecule has 2 aromatic rings. The molecule has 37 heavy (non-hydrogen) atoms. The van der Waals surface area contributed by atoms with E-state index in [2.05, 4.69) is 4.74 Å². The molecule has 0 aliphatic carbocycles. The summed E-state index contributed by atoms with van der Waals surface area (Å²) in [4.78, 5) is 27.2. The molecule has 0 bridgehead atoms. The van der Waals surface area contributed by atoms with Crippen LogP contribution in [-0.2, 0) is 14.8 Å². The number of hydrogen-bond acceptors (Lipinski definition) is 5. The van der Waals surface area contributed by atoms with Gasteiger partial charge in [-0.15, -0.1) is 13.2 Å². The normalized spacial score (nSPS) is 21.9. The van der Waals surface area contributed by atoms with Gasteiger partial charge in [-0.1, -0.05) is 12.1 Å². The Labute approximate surface area is 208 Å². The van der Waals surface area contributed by atoms with Gasteiger partial charge in [-0.2, -0.15) is 0 Å². The topological polar surface area (TPSA) is 110 Å². The van der Waals surface area contributed by atoms with Crippen molar-refractivity contribution in [1.29, 1.82) is 0 Å². The number of alkyl halides is 4. The molecule has 2 aliphatic rings. The molecule has 198 valence electrons. The van der Waals surface area contributed by atoms with Crippen molar-refractivity contribution in [3.63, 3.8) is 0 Å². The molecule has 2 amide bonds. The second-order valence-electron chi connectivity index (χ2n) is 8.77. The van der Waals surface area contributed by atoms with Gasteiger partial charge in [-0.3, -0.25) is 9.59 Å². The van der Waals surface area contributed by atoms with Gasteiger partial charge in [-0.05, 0) is 42.0 Å². The van der Waals surface area contributed by atoms with E-state index < -0.39 is 61.8 Å². The molecule has 2 saturated heterocycles. The van der Waals surface area contributed by atoms with Crippen molar-refractivity contribution in [3.8, 4) is 5.75 Å². The maximum Gasteiger partial charge on any atom is 0.573 e. The lowest BCUT2D eigenvalue weighted by molar-refractivity contribution is -0.274. The van der Waals surface area contributed by atoms with Crippen molar-refractivity contribution >= 4 is 27.9 Å². The highest BCUT2D eigenvalue weighted by atomic mass is 32.2. The molecule has 0 radical (unpaired) electrons. The summed E-state index contributed by atoms with van der Waals surface area (Å²) in [6, 6.07) is 7.39. The van der Waals surface area contributed by atoms with Crippen molar-refractivity contribution in [1.82, 2.24) is 9.80 Å². The Kier molecular flexibility index (Phi) is 6.75. The van der Waals surface area contributed by atoms with Crippen LogP contribution in [0.4, 0.5) is 22.0 Å². The number of likely N-dealkylation sites (tertiary alicyclic amines) is 2. The van der Waals surface area contributed by atoms with Crippen molar-refractivity contribution in [2.45, 2.75) is 16.9 Å². The largest absolute Gasteiger partial charge is 0.573 e. The minimum absolute atomic E-state index is 0.00531. The Morgan fingerprint density at radius 3 is 2.24 bits per heavy atom. The Hall–Kier alpha value is -3.52. The fourth-order valence-electron chi connectivity index (χ4n) is 4.38. The minimum Gasteiger partial charge on any atom is -0.406 e. The first-order valence-electron chi connectivity index (χ1n) is 10.8. The number of carbonyl (C=O) groups excluding carboxylic acids is 2. The van der Waals surface area contributed by atoms with Crippen molar-refractivity contribution in [2.75, 3.05) is 26.2 Å². The van der Waals surface area contributed by atoms with E-state index in [-0.39, 0.29) is 26.2 Å². The maximum atomic E-state index is 15.6. The van der Waals surface area contributed by atoms with E-state index in [0.717, 1.165) is 35.2 Å². The van der Waals surface area contributed by atoms with Crippen LogP contribution in [0.15, 0.2) is 53.4 Å². The number of halogens is 5. The summed E-state index contributed by atoms with van der Waals surface area (Å²) >= 11 is 0. The number of sulfonamides is 1. The van der Waals surface area contributed by atoms with Gasteiger partial charge in [0.2, 0.25) is 15.9 Å². The molecule has 0 saturated carbocycles. The zero-order valence-electron chi connectivity index (χ0n) is 18.9. The number of nitrogens with two attached hydrogens (primary N) is 1. The first-order chi connectivity index (χ1) is 17.1. The average Bonchev–Trinajstić information content (AvgIpc) is 3.28. The fraction of sp³-hybridized carbons (Fsp3) is 0.304. The third-order valence-corrected chi connectivity index (χ3v) is 7.06. The Morgan fingerprint density at radius 1 is 1.05 bits per heavy atom. The van der Waals surface area contributed by atoms with Gasteiger partial charge in [0.15, 0.2) is 5.67 Å². The quantitative estimate of drug-likeness (QED) is 0.459. The number of primary sulfonamides is 1. The molecule has 8 nitrogen and oxygen atoms in total. The zero-order valence-corrected chi connectivity index (χ0v) is 19.7. The highest BCUT2D eigenvalue weighted by molar-refractivity contribution is 7.89. The van der Waals surface area contributed by atoms with Gasteiger partial charge in [0.25, 0.3) is 5.91 Å². The fourth-order valence-corrected chi connectivity index (χ4v) is 4.91. The van der Waals surface area contributed by atoms with E-state index in [0.29, 0.717) is 11.6 Å². The summed E-state index contributed by atoms with van der Waals surface area (Å²) < 4.78 is 93.2. The highest BCUT2D eigenvalue weighted by Crippen LogP contribution is 2.39. The van der Waals surface area contributed by atoms with Crippen LogP contribution in [0, 0.1) is 11.7 Å². The predicted molar refractivity (Wildman–Crippen MR) is 120 cm³/mol. The lowest BCUT2D eigenvalue weighted by atomic mass is 9.97. The number of hydrogen-bond donors (Lipinski definition) is 1. The van der Waals surface area contributed by atoms with Crippen molar-refractivity contribution < 1.29 is 44.7 Å². The van der Waals surface area contributed by atoms with Crippen molar-refractivity contribution in [3.05, 3.63) is 65.5 Å². The van der Waals surface area contributed by atoms with E-state index >= 15 is 4.39 Å². The van der Waals surface area contributed by atoms with Crippen LogP contribution in [0.1, 0.15) is 15.9 Å². The smallest absolute Gasteiger partial charge is 0.406 e. The van der Waals surface area contributed by atoms with Crippen LogP contribution in [0.3, 0.4) is 0 Å². The van der Waals surface area contributed by atoms with E-state index in [1.165, 1.54) is 23.1 Å². The van der Waals surface area contributed by atoms with Crippen LogP contribution in [-0.4, -0.2) is 68.2 Å². The summed E-state index contributed by atoms with van der Waals surface area (Å²) in [5, 5.41) is 4.95. The van der Waals surface area contributed by atoms with E-state index in [9.17, 15) is 35.6 Å². The molecule has 2 aromatic carbocycles. The summed E-state index contributed by atoms with van der Waals surface area (Å²) in [7, 11) is -4.17. The van der Waals surface area contributed by atoms with E-state index in [1.54, 1.807) is 0 Å². The first kappa shape index (κ1) is 26.5. The van der Waals surface area contributed by atoms with Crippen molar-refractivity contribution in [2.24, 2.45) is 11.1 Å². The molecule has 4 rings (SSSR count). The minimum atomic E-state index is -4.82. The third kappa shape index (κ3) is 5.91.